The molecule has 0 atom stereocenters. The first-order valence-corrected chi connectivity index (χ1v) is 3.81. The summed E-state index contributed by atoms with van der Waals surface area (Å²) in [5.41, 5.74) is 1.83. The van der Waals surface area contributed by atoms with Crippen molar-refractivity contribution in [2.24, 2.45) is 0 Å². The van der Waals surface area contributed by atoms with Crippen LogP contribution in [0, 0.1) is 0 Å². The third-order valence-corrected chi connectivity index (χ3v) is 1.73. The second kappa shape index (κ2) is 2.91. The maximum absolute atomic E-state index is 8.71. The Morgan fingerprint density at radius 1 is 1.33 bits per heavy atom. The summed E-state index contributed by atoms with van der Waals surface area (Å²) in [6.07, 6.45) is 0. The molecule has 0 amide bonds. The van der Waals surface area contributed by atoms with Gasteiger partial charge < -0.3 is 5.11 Å². The molecule has 1 aromatic heterocycles. The van der Waals surface area contributed by atoms with Crippen molar-refractivity contribution in [3.05, 3.63) is 24.3 Å². The van der Waals surface area contributed by atoms with Gasteiger partial charge in [-0.3, -0.25) is 0 Å². The lowest BCUT2D eigenvalue weighted by Crippen LogP contribution is -2.03. The Morgan fingerprint density at radius 2 is 2.17 bits per heavy atom. The number of benzene rings is 1. The van der Waals surface area contributed by atoms with Gasteiger partial charge in [-0.05, 0) is 12.1 Å². The van der Waals surface area contributed by atoms with Crippen LogP contribution in [0.3, 0.4) is 0 Å². The molecule has 0 unspecified atom stereocenters. The molecule has 62 valence electrons. The summed E-state index contributed by atoms with van der Waals surface area (Å²) in [5, 5.41) is 16.5. The summed E-state index contributed by atoms with van der Waals surface area (Å²) in [6, 6.07) is 7.68. The molecule has 2 rings (SSSR count). The number of para-hydroxylation sites is 1. The summed E-state index contributed by atoms with van der Waals surface area (Å²) in [4.78, 5) is 0. The average molecular weight is 163 g/mol. The van der Waals surface area contributed by atoms with E-state index in [0.717, 1.165) is 11.0 Å². The van der Waals surface area contributed by atoms with Crippen LogP contribution in [0.25, 0.3) is 11.0 Å². The Bertz CT molecular complexity index is 382. The molecule has 4 nitrogen and oxygen atoms in total. The predicted molar refractivity (Wildman–Crippen MR) is 44.6 cm³/mol. The molecule has 0 saturated heterocycles. The number of hydrogen-bond donors (Lipinski definition) is 1. The number of aliphatic hydroxyl groups excluding tert-OH is 1. The van der Waals surface area contributed by atoms with E-state index in [-0.39, 0.29) is 6.61 Å². The first-order valence-electron chi connectivity index (χ1n) is 3.81. The van der Waals surface area contributed by atoms with Gasteiger partial charge in [0, 0.05) is 0 Å². The smallest absolute Gasteiger partial charge is 0.113 e. The minimum atomic E-state index is 0.0906. The van der Waals surface area contributed by atoms with Gasteiger partial charge in [0.1, 0.15) is 5.52 Å². The van der Waals surface area contributed by atoms with Crippen LogP contribution in [0.1, 0.15) is 0 Å². The normalized spacial score (nSPS) is 10.8. The lowest BCUT2D eigenvalue weighted by atomic mass is 10.3. The molecule has 0 aliphatic carbocycles. The Balaban J connectivity index is 2.55. The lowest BCUT2D eigenvalue weighted by Gasteiger charge is -1.96. The van der Waals surface area contributed by atoms with Crippen molar-refractivity contribution in [2.75, 3.05) is 6.61 Å². The minimum absolute atomic E-state index is 0.0906. The molecule has 0 saturated carbocycles. The molecule has 0 aliphatic rings. The zero-order chi connectivity index (χ0) is 8.39. The van der Waals surface area contributed by atoms with Gasteiger partial charge in [-0.25, -0.2) is 4.68 Å². The molecule has 2 aromatic rings. The van der Waals surface area contributed by atoms with Crippen molar-refractivity contribution in [1.82, 2.24) is 15.0 Å². The summed E-state index contributed by atoms with van der Waals surface area (Å²) < 4.78 is 1.69. The highest BCUT2D eigenvalue weighted by Crippen LogP contribution is 2.08. The van der Waals surface area contributed by atoms with Crippen LogP contribution < -0.4 is 0 Å². The predicted octanol–water partition coefficient (Wildman–Crippen LogP) is 0.424. The van der Waals surface area contributed by atoms with E-state index in [0.29, 0.717) is 6.54 Å². The zero-order valence-electron chi connectivity index (χ0n) is 6.51. The molecule has 4 heteroatoms. The van der Waals surface area contributed by atoms with Crippen LogP contribution in [-0.4, -0.2) is 26.7 Å². The molecule has 1 aromatic carbocycles. The van der Waals surface area contributed by atoms with Gasteiger partial charge in [0.25, 0.3) is 0 Å². The maximum Gasteiger partial charge on any atom is 0.113 e. The van der Waals surface area contributed by atoms with Gasteiger partial charge in [0.2, 0.25) is 0 Å². The van der Waals surface area contributed by atoms with E-state index in [2.05, 4.69) is 10.3 Å². The van der Waals surface area contributed by atoms with E-state index >= 15 is 0 Å². The summed E-state index contributed by atoms with van der Waals surface area (Å²) in [7, 11) is 0. The van der Waals surface area contributed by atoms with Crippen LogP contribution in [0.4, 0.5) is 0 Å². The molecular formula is C8H9N3O. The number of hydrogen-bond acceptors (Lipinski definition) is 3. The zero-order valence-corrected chi connectivity index (χ0v) is 6.51. The van der Waals surface area contributed by atoms with E-state index < -0.39 is 0 Å². The summed E-state index contributed by atoms with van der Waals surface area (Å²) >= 11 is 0. The van der Waals surface area contributed by atoms with Gasteiger partial charge in [0.15, 0.2) is 0 Å². The van der Waals surface area contributed by atoms with Crippen LogP contribution in [0.15, 0.2) is 24.3 Å². The van der Waals surface area contributed by atoms with E-state index in [9.17, 15) is 0 Å². The molecule has 0 bridgehead atoms. The Kier molecular flexibility index (Phi) is 1.75. The molecule has 0 radical (unpaired) electrons. The Labute approximate surface area is 69.4 Å². The molecule has 0 aliphatic heterocycles. The second-order valence-corrected chi connectivity index (χ2v) is 2.52. The fourth-order valence-corrected chi connectivity index (χ4v) is 1.18. The fourth-order valence-electron chi connectivity index (χ4n) is 1.18. The number of aliphatic hydroxyl groups is 1. The minimum Gasteiger partial charge on any atom is -0.394 e. The Hall–Kier alpha value is -1.42. The molecule has 1 N–H and O–H groups in total. The first-order chi connectivity index (χ1) is 5.92. The SMILES string of the molecule is OCCn1nnc2ccccc21. The van der Waals surface area contributed by atoms with Crippen LogP contribution >= 0.6 is 0 Å². The number of rotatable bonds is 2. The van der Waals surface area contributed by atoms with Gasteiger partial charge in [-0.15, -0.1) is 5.10 Å². The molecule has 0 fully saturated rings. The number of nitrogens with zero attached hydrogens (tertiary/aromatic N) is 3. The lowest BCUT2D eigenvalue weighted by molar-refractivity contribution is 0.270. The molecule has 1 heterocycles. The van der Waals surface area contributed by atoms with Crippen LogP contribution in [0.5, 0.6) is 0 Å². The van der Waals surface area contributed by atoms with Crippen molar-refractivity contribution < 1.29 is 5.11 Å². The molecule has 12 heavy (non-hydrogen) atoms. The highest BCUT2D eigenvalue weighted by atomic mass is 16.3. The van der Waals surface area contributed by atoms with Crippen LogP contribution in [0.2, 0.25) is 0 Å². The van der Waals surface area contributed by atoms with Gasteiger partial charge in [0.05, 0.1) is 18.7 Å². The van der Waals surface area contributed by atoms with Crippen molar-refractivity contribution in [3.8, 4) is 0 Å². The van der Waals surface area contributed by atoms with Crippen molar-refractivity contribution >= 4 is 11.0 Å². The molecule has 0 spiro atoms. The quantitative estimate of drug-likeness (QED) is 0.698. The van der Waals surface area contributed by atoms with Crippen LogP contribution in [-0.2, 0) is 6.54 Å². The fraction of sp³-hybridized carbons (Fsp3) is 0.250. The third kappa shape index (κ3) is 1.06. The maximum atomic E-state index is 8.71. The van der Waals surface area contributed by atoms with Gasteiger partial charge in [-0.1, -0.05) is 17.3 Å². The van der Waals surface area contributed by atoms with E-state index in [4.69, 9.17) is 5.11 Å². The largest absolute Gasteiger partial charge is 0.394 e. The van der Waals surface area contributed by atoms with E-state index in [1.807, 2.05) is 24.3 Å². The van der Waals surface area contributed by atoms with Gasteiger partial charge in [-0.2, -0.15) is 0 Å². The van der Waals surface area contributed by atoms with E-state index in [1.54, 1.807) is 4.68 Å². The topological polar surface area (TPSA) is 50.9 Å². The molecular weight excluding hydrogens is 154 g/mol. The summed E-state index contributed by atoms with van der Waals surface area (Å²) in [5.74, 6) is 0. The second-order valence-electron chi connectivity index (χ2n) is 2.52. The third-order valence-electron chi connectivity index (χ3n) is 1.73. The van der Waals surface area contributed by atoms with E-state index in [1.165, 1.54) is 0 Å². The standard InChI is InChI=1S/C8H9N3O/c12-6-5-11-8-4-2-1-3-7(8)9-10-11/h1-4,12H,5-6H2. The first kappa shape index (κ1) is 7.24. The average Bonchev–Trinajstić information content (AvgIpc) is 2.50. The van der Waals surface area contributed by atoms with Crippen molar-refractivity contribution in [1.29, 1.82) is 0 Å². The monoisotopic (exact) mass is 163 g/mol. The van der Waals surface area contributed by atoms with Crippen molar-refractivity contribution in [2.45, 2.75) is 6.54 Å². The number of aromatic nitrogens is 3. The number of fused-ring (bicyclic) bond motifs is 1. The summed E-state index contributed by atoms with van der Waals surface area (Å²) in [6.45, 7) is 0.591. The Morgan fingerprint density at radius 3 is 3.00 bits per heavy atom. The highest BCUT2D eigenvalue weighted by Gasteiger charge is 2.00. The van der Waals surface area contributed by atoms with Crippen molar-refractivity contribution in [3.63, 3.8) is 0 Å². The highest BCUT2D eigenvalue weighted by molar-refractivity contribution is 5.73. The van der Waals surface area contributed by atoms with Gasteiger partial charge >= 0.3 is 0 Å².